The Labute approximate surface area is 211 Å². The van der Waals surface area contributed by atoms with Gasteiger partial charge in [-0.3, -0.25) is 0 Å². The molecule has 1 atom stereocenters. The highest BCUT2D eigenvalue weighted by Crippen LogP contribution is 2.25. The number of nitrogens with zero attached hydrogens (tertiary/aromatic N) is 2. The molecule has 1 aliphatic carbocycles. The van der Waals surface area contributed by atoms with Crippen molar-refractivity contribution in [3.8, 4) is 11.4 Å². The summed E-state index contributed by atoms with van der Waals surface area (Å²) in [6.07, 6.45) is 22.1. The van der Waals surface area contributed by atoms with E-state index in [0.717, 1.165) is 44.1 Å². The van der Waals surface area contributed by atoms with Crippen molar-refractivity contribution >= 4 is 5.97 Å². The molecular formula is C31H42N2O2. The highest BCUT2D eigenvalue weighted by molar-refractivity contribution is 5.90. The van der Waals surface area contributed by atoms with Gasteiger partial charge in [-0.1, -0.05) is 74.5 Å². The summed E-state index contributed by atoms with van der Waals surface area (Å²) in [5.74, 6) is 0.438. The highest BCUT2D eigenvalue weighted by Gasteiger charge is 2.19. The zero-order valence-electron chi connectivity index (χ0n) is 21.9. The second-order valence-electron chi connectivity index (χ2n) is 9.99. The van der Waals surface area contributed by atoms with E-state index in [2.05, 4.69) is 42.9 Å². The zero-order valence-corrected chi connectivity index (χ0v) is 21.9. The number of hydrogen-bond donors (Lipinski definition) is 0. The fourth-order valence-corrected chi connectivity index (χ4v) is 4.46. The van der Waals surface area contributed by atoms with Crippen molar-refractivity contribution in [3.05, 3.63) is 71.1 Å². The van der Waals surface area contributed by atoms with Crippen LogP contribution in [0, 0.1) is 0 Å². The minimum absolute atomic E-state index is 0.0306. The fourth-order valence-electron chi connectivity index (χ4n) is 4.46. The monoisotopic (exact) mass is 474 g/mol. The minimum atomic E-state index is -0.252. The summed E-state index contributed by atoms with van der Waals surface area (Å²) in [7, 11) is 0. The molecule has 0 N–H and O–H groups in total. The van der Waals surface area contributed by atoms with Crippen LogP contribution in [0.3, 0.4) is 0 Å². The van der Waals surface area contributed by atoms with Gasteiger partial charge in [0.15, 0.2) is 5.82 Å². The van der Waals surface area contributed by atoms with E-state index in [1.54, 1.807) is 0 Å². The second-order valence-corrected chi connectivity index (χ2v) is 9.99. The Kier molecular flexibility index (Phi) is 11.2. The van der Waals surface area contributed by atoms with Gasteiger partial charge in [-0.15, -0.1) is 0 Å². The number of ether oxygens (including phenoxy) is 1. The molecule has 0 bridgehead atoms. The third-order valence-electron chi connectivity index (χ3n) is 6.65. The van der Waals surface area contributed by atoms with Crippen LogP contribution < -0.4 is 0 Å². The molecule has 1 aromatic heterocycles. The maximum Gasteiger partial charge on any atom is 0.338 e. The van der Waals surface area contributed by atoms with Crippen LogP contribution in [0.5, 0.6) is 0 Å². The summed E-state index contributed by atoms with van der Waals surface area (Å²) in [4.78, 5) is 21.7. The molecule has 4 nitrogen and oxygen atoms in total. The first-order valence-corrected chi connectivity index (χ1v) is 13.5. The van der Waals surface area contributed by atoms with Gasteiger partial charge >= 0.3 is 5.97 Å². The first-order valence-electron chi connectivity index (χ1n) is 13.5. The van der Waals surface area contributed by atoms with E-state index in [4.69, 9.17) is 4.74 Å². The lowest BCUT2D eigenvalue weighted by molar-refractivity contribution is 0.0278. The average Bonchev–Trinajstić information content (AvgIpc) is 2.87. The highest BCUT2D eigenvalue weighted by atomic mass is 16.5. The van der Waals surface area contributed by atoms with E-state index in [9.17, 15) is 4.79 Å². The molecule has 35 heavy (non-hydrogen) atoms. The van der Waals surface area contributed by atoms with Crippen molar-refractivity contribution in [2.24, 2.45) is 0 Å². The van der Waals surface area contributed by atoms with E-state index in [1.807, 2.05) is 36.7 Å². The molecular weight excluding hydrogens is 432 g/mol. The molecule has 4 heteroatoms. The molecule has 1 aromatic carbocycles. The molecule has 0 saturated heterocycles. The van der Waals surface area contributed by atoms with Gasteiger partial charge in [0, 0.05) is 24.4 Å². The summed E-state index contributed by atoms with van der Waals surface area (Å²) in [5.41, 5.74) is 5.52. The van der Waals surface area contributed by atoms with Crippen LogP contribution in [0.15, 0.2) is 60.0 Å². The smallest absolute Gasteiger partial charge is 0.338 e. The number of carbonyl (C=O) groups excluding carboxylic acids is 1. The lowest BCUT2D eigenvalue weighted by atomic mass is 9.93. The average molecular weight is 475 g/mol. The van der Waals surface area contributed by atoms with E-state index in [0.29, 0.717) is 11.4 Å². The number of aryl methyl sites for hydroxylation is 1. The molecule has 2 aromatic rings. The second kappa shape index (κ2) is 14.6. The van der Waals surface area contributed by atoms with E-state index < -0.39 is 0 Å². The predicted octanol–water partition coefficient (Wildman–Crippen LogP) is 8.43. The van der Waals surface area contributed by atoms with Gasteiger partial charge in [0.25, 0.3) is 0 Å². The number of rotatable bonds is 13. The topological polar surface area (TPSA) is 52.1 Å². The Morgan fingerprint density at radius 2 is 1.71 bits per heavy atom. The molecule has 1 unspecified atom stereocenters. The summed E-state index contributed by atoms with van der Waals surface area (Å²) in [6, 6.07) is 7.44. The lowest BCUT2D eigenvalue weighted by Gasteiger charge is -2.22. The number of carbonyl (C=O) groups is 1. The van der Waals surface area contributed by atoms with E-state index in [-0.39, 0.29) is 12.1 Å². The minimum Gasteiger partial charge on any atom is -0.458 e. The van der Waals surface area contributed by atoms with Crippen molar-refractivity contribution in [1.82, 2.24) is 9.97 Å². The van der Waals surface area contributed by atoms with Crippen LogP contribution in [0.2, 0.25) is 0 Å². The van der Waals surface area contributed by atoms with Crippen LogP contribution in [-0.4, -0.2) is 22.0 Å². The largest absolute Gasteiger partial charge is 0.458 e. The SMILES string of the molecule is CCCCCCCCc1cnc(-c2ccc(C(=O)OC3CC=C(CCC=C(C)C)CC3)cc2)nc1. The van der Waals surface area contributed by atoms with Gasteiger partial charge in [-0.25, -0.2) is 14.8 Å². The predicted molar refractivity (Wildman–Crippen MR) is 144 cm³/mol. The Hall–Kier alpha value is -2.75. The first kappa shape index (κ1) is 26.8. The van der Waals surface area contributed by atoms with E-state index >= 15 is 0 Å². The summed E-state index contributed by atoms with van der Waals surface area (Å²) >= 11 is 0. The number of esters is 1. The van der Waals surface area contributed by atoms with Crippen LogP contribution >= 0.6 is 0 Å². The fraction of sp³-hybridized carbons (Fsp3) is 0.516. The molecule has 0 amide bonds. The van der Waals surface area contributed by atoms with Crippen molar-refractivity contribution in [3.63, 3.8) is 0 Å². The Balaban J connectivity index is 1.44. The van der Waals surface area contributed by atoms with Crippen LogP contribution in [0.25, 0.3) is 11.4 Å². The Morgan fingerprint density at radius 3 is 2.37 bits per heavy atom. The normalized spacial score (nSPS) is 15.4. The molecule has 0 fully saturated rings. The number of benzene rings is 1. The summed E-state index contributed by atoms with van der Waals surface area (Å²) in [6.45, 7) is 6.52. The van der Waals surface area contributed by atoms with Gasteiger partial charge in [-0.05, 0) is 70.1 Å². The number of hydrogen-bond acceptors (Lipinski definition) is 4. The van der Waals surface area contributed by atoms with Crippen LogP contribution in [-0.2, 0) is 11.2 Å². The van der Waals surface area contributed by atoms with Gasteiger partial charge in [0.1, 0.15) is 6.10 Å². The van der Waals surface area contributed by atoms with Crippen LogP contribution in [0.4, 0.5) is 0 Å². The third-order valence-corrected chi connectivity index (χ3v) is 6.65. The summed E-state index contributed by atoms with van der Waals surface area (Å²) < 4.78 is 5.77. The van der Waals surface area contributed by atoms with E-state index in [1.165, 1.54) is 55.2 Å². The maximum absolute atomic E-state index is 12.6. The molecule has 3 rings (SSSR count). The quantitative estimate of drug-likeness (QED) is 0.166. The maximum atomic E-state index is 12.6. The molecule has 188 valence electrons. The summed E-state index contributed by atoms with van der Waals surface area (Å²) in [5, 5.41) is 0. The number of unbranched alkanes of at least 4 members (excludes halogenated alkanes) is 5. The van der Waals surface area contributed by atoms with Gasteiger partial charge in [0.05, 0.1) is 5.56 Å². The lowest BCUT2D eigenvalue weighted by Crippen LogP contribution is -2.20. The number of aromatic nitrogens is 2. The molecule has 0 saturated carbocycles. The first-order chi connectivity index (χ1) is 17.0. The Bertz CT molecular complexity index is 970. The van der Waals surface area contributed by atoms with Crippen molar-refractivity contribution in [2.45, 2.75) is 104 Å². The molecule has 0 radical (unpaired) electrons. The van der Waals surface area contributed by atoms with Crippen molar-refractivity contribution < 1.29 is 9.53 Å². The van der Waals surface area contributed by atoms with Gasteiger partial charge in [0.2, 0.25) is 0 Å². The molecule has 1 heterocycles. The number of allylic oxidation sites excluding steroid dienone is 3. The van der Waals surface area contributed by atoms with Crippen molar-refractivity contribution in [1.29, 1.82) is 0 Å². The molecule has 0 aliphatic heterocycles. The zero-order chi connectivity index (χ0) is 24.9. The third kappa shape index (κ3) is 9.43. The van der Waals surface area contributed by atoms with Crippen LogP contribution in [0.1, 0.15) is 107 Å². The molecule has 0 spiro atoms. The Morgan fingerprint density at radius 1 is 1.00 bits per heavy atom. The van der Waals surface area contributed by atoms with Gasteiger partial charge in [-0.2, -0.15) is 0 Å². The van der Waals surface area contributed by atoms with Gasteiger partial charge < -0.3 is 4.74 Å². The standard InChI is InChI=1S/C31H42N2O2/c1-4-5-6-7-8-9-12-26-22-32-30(33-23-26)27-16-18-28(19-17-27)31(34)35-29-20-14-25(15-21-29)13-10-11-24(2)3/h11,14,16-19,22-23,29H,4-10,12-13,15,20-21H2,1-3H3. The van der Waals surface area contributed by atoms with Crippen molar-refractivity contribution in [2.75, 3.05) is 0 Å². The molecule has 1 aliphatic rings.